The van der Waals surface area contributed by atoms with Crippen molar-refractivity contribution in [1.29, 1.82) is 0 Å². The van der Waals surface area contributed by atoms with Crippen molar-refractivity contribution in [1.82, 2.24) is 9.97 Å². The highest BCUT2D eigenvalue weighted by molar-refractivity contribution is 5.90. The molecule has 1 N–H and O–H groups in total. The molecule has 3 rings (SSSR count). The first-order chi connectivity index (χ1) is 9.63. The van der Waals surface area contributed by atoms with Crippen molar-refractivity contribution in [2.45, 2.75) is 6.92 Å². The van der Waals surface area contributed by atoms with Crippen LogP contribution in [0.1, 0.15) is 5.82 Å². The third kappa shape index (κ3) is 2.30. The van der Waals surface area contributed by atoms with Crippen LogP contribution in [0, 0.1) is 18.6 Å². The molecule has 0 spiro atoms. The Morgan fingerprint density at radius 3 is 2.60 bits per heavy atom. The molecule has 1 heterocycles. The minimum absolute atomic E-state index is 0.176. The first-order valence-electron chi connectivity index (χ1n) is 6.09. The molecular formula is C15H11F2N3. The van der Waals surface area contributed by atoms with E-state index in [-0.39, 0.29) is 5.69 Å². The lowest BCUT2D eigenvalue weighted by Crippen LogP contribution is -2.00. The first kappa shape index (κ1) is 12.5. The topological polar surface area (TPSA) is 37.8 Å². The number of halogens is 2. The number of rotatable bonds is 2. The summed E-state index contributed by atoms with van der Waals surface area (Å²) in [7, 11) is 0. The number of hydrogen-bond acceptors (Lipinski definition) is 3. The second-order valence-electron chi connectivity index (χ2n) is 4.39. The summed E-state index contributed by atoms with van der Waals surface area (Å²) in [5.41, 5.74) is 0.944. The molecule has 0 amide bonds. The highest BCUT2D eigenvalue weighted by atomic mass is 19.1. The van der Waals surface area contributed by atoms with E-state index in [1.165, 1.54) is 12.1 Å². The number of benzene rings is 2. The molecule has 0 atom stereocenters. The Kier molecular flexibility index (Phi) is 3.02. The average molecular weight is 271 g/mol. The summed E-state index contributed by atoms with van der Waals surface area (Å²) in [5.74, 6) is -0.200. The normalized spacial score (nSPS) is 10.8. The van der Waals surface area contributed by atoms with E-state index in [0.717, 1.165) is 17.0 Å². The van der Waals surface area contributed by atoms with Gasteiger partial charge in [-0.1, -0.05) is 12.1 Å². The van der Waals surface area contributed by atoms with Gasteiger partial charge < -0.3 is 5.32 Å². The van der Waals surface area contributed by atoms with Gasteiger partial charge in [0, 0.05) is 11.5 Å². The predicted molar refractivity (Wildman–Crippen MR) is 73.9 cm³/mol. The molecule has 100 valence electrons. The number of hydrogen-bond donors (Lipinski definition) is 1. The van der Waals surface area contributed by atoms with Crippen molar-refractivity contribution in [2.24, 2.45) is 0 Å². The van der Waals surface area contributed by atoms with Gasteiger partial charge in [-0.3, -0.25) is 0 Å². The van der Waals surface area contributed by atoms with E-state index >= 15 is 0 Å². The van der Waals surface area contributed by atoms with Crippen molar-refractivity contribution in [3.63, 3.8) is 0 Å². The Morgan fingerprint density at radius 2 is 1.80 bits per heavy atom. The summed E-state index contributed by atoms with van der Waals surface area (Å²) in [5, 5.41) is 3.67. The van der Waals surface area contributed by atoms with Crippen LogP contribution in [0.5, 0.6) is 0 Å². The summed E-state index contributed by atoms with van der Waals surface area (Å²) < 4.78 is 26.6. The van der Waals surface area contributed by atoms with E-state index in [4.69, 9.17) is 0 Å². The molecule has 2 aromatic carbocycles. The quantitative estimate of drug-likeness (QED) is 0.766. The van der Waals surface area contributed by atoms with Gasteiger partial charge in [-0.05, 0) is 31.2 Å². The standard InChI is InChI=1S/C15H11F2N3/c1-9-18-13-5-3-2-4-11(13)15(19-9)20-14-7-6-10(16)8-12(14)17/h2-8H,1H3,(H,18,19,20). The molecule has 0 fully saturated rings. The average Bonchev–Trinajstić information content (AvgIpc) is 2.41. The van der Waals surface area contributed by atoms with Crippen LogP contribution in [0.25, 0.3) is 10.9 Å². The number of para-hydroxylation sites is 1. The molecule has 0 saturated heterocycles. The molecule has 0 saturated carbocycles. The van der Waals surface area contributed by atoms with Gasteiger partial charge in [-0.15, -0.1) is 0 Å². The Labute approximate surface area is 114 Å². The van der Waals surface area contributed by atoms with Gasteiger partial charge in [0.25, 0.3) is 0 Å². The van der Waals surface area contributed by atoms with Crippen molar-refractivity contribution < 1.29 is 8.78 Å². The highest BCUT2D eigenvalue weighted by Gasteiger charge is 2.09. The number of aromatic nitrogens is 2. The summed E-state index contributed by atoms with van der Waals surface area (Å²) >= 11 is 0. The van der Waals surface area contributed by atoms with Crippen LogP contribution in [-0.4, -0.2) is 9.97 Å². The van der Waals surface area contributed by atoms with Gasteiger partial charge in [0.15, 0.2) is 0 Å². The van der Waals surface area contributed by atoms with E-state index in [1.54, 1.807) is 6.92 Å². The summed E-state index contributed by atoms with van der Waals surface area (Å²) in [6, 6.07) is 10.8. The smallest absolute Gasteiger partial charge is 0.149 e. The van der Waals surface area contributed by atoms with Crippen molar-refractivity contribution >= 4 is 22.4 Å². The molecule has 1 aromatic heterocycles. The lowest BCUT2D eigenvalue weighted by atomic mass is 10.2. The second-order valence-corrected chi connectivity index (χ2v) is 4.39. The molecular weight excluding hydrogens is 260 g/mol. The van der Waals surface area contributed by atoms with Crippen LogP contribution >= 0.6 is 0 Å². The van der Waals surface area contributed by atoms with Crippen LogP contribution < -0.4 is 5.32 Å². The molecule has 0 radical (unpaired) electrons. The van der Waals surface area contributed by atoms with Gasteiger partial charge in [0.1, 0.15) is 23.3 Å². The predicted octanol–water partition coefficient (Wildman–Crippen LogP) is 3.96. The zero-order valence-electron chi connectivity index (χ0n) is 10.7. The number of fused-ring (bicyclic) bond motifs is 1. The molecule has 3 aromatic rings. The lowest BCUT2D eigenvalue weighted by molar-refractivity contribution is 0.586. The second kappa shape index (κ2) is 4.85. The van der Waals surface area contributed by atoms with Crippen LogP contribution in [0.15, 0.2) is 42.5 Å². The Bertz CT molecular complexity index is 787. The fraction of sp³-hybridized carbons (Fsp3) is 0.0667. The molecule has 20 heavy (non-hydrogen) atoms. The van der Waals surface area contributed by atoms with E-state index < -0.39 is 11.6 Å². The Hall–Kier alpha value is -2.56. The summed E-state index contributed by atoms with van der Waals surface area (Å²) in [4.78, 5) is 8.59. The lowest BCUT2D eigenvalue weighted by Gasteiger charge is -2.10. The molecule has 0 aliphatic carbocycles. The SMILES string of the molecule is Cc1nc(Nc2ccc(F)cc2F)c2ccccc2n1. The van der Waals surface area contributed by atoms with Crippen LogP contribution in [-0.2, 0) is 0 Å². The summed E-state index contributed by atoms with van der Waals surface area (Å²) in [6.45, 7) is 1.76. The number of aryl methyl sites for hydroxylation is 1. The minimum atomic E-state index is -0.662. The van der Waals surface area contributed by atoms with Crippen LogP contribution in [0.4, 0.5) is 20.3 Å². The number of nitrogens with one attached hydrogen (secondary N) is 1. The third-order valence-electron chi connectivity index (χ3n) is 2.90. The minimum Gasteiger partial charge on any atom is -0.337 e. The zero-order valence-corrected chi connectivity index (χ0v) is 10.7. The maximum Gasteiger partial charge on any atom is 0.149 e. The number of nitrogens with zero attached hydrogens (tertiary/aromatic N) is 2. The maximum atomic E-state index is 13.7. The Morgan fingerprint density at radius 1 is 1.00 bits per heavy atom. The monoisotopic (exact) mass is 271 g/mol. The van der Waals surface area contributed by atoms with Crippen LogP contribution in [0.2, 0.25) is 0 Å². The van der Waals surface area contributed by atoms with Gasteiger partial charge in [-0.25, -0.2) is 18.7 Å². The van der Waals surface area contributed by atoms with Crippen molar-refractivity contribution in [3.8, 4) is 0 Å². The fourth-order valence-electron chi connectivity index (χ4n) is 2.01. The fourth-order valence-corrected chi connectivity index (χ4v) is 2.01. The molecule has 0 aliphatic heterocycles. The van der Waals surface area contributed by atoms with E-state index in [1.807, 2.05) is 24.3 Å². The summed E-state index contributed by atoms with van der Waals surface area (Å²) in [6.07, 6.45) is 0. The maximum absolute atomic E-state index is 13.7. The van der Waals surface area contributed by atoms with Gasteiger partial charge in [-0.2, -0.15) is 0 Å². The van der Waals surface area contributed by atoms with E-state index in [0.29, 0.717) is 11.6 Å². The Balaban J connectivity index is 2.10. The first-order valence-corrected chi connectivity index (χ1v) is 6.09. The van der Waals surface area contributed by atoms with Crippen molar-refractivity contribution in [2.75, 3.05) is 5.32 Å². The molecule has 0 unspecified atom stereocenters. The molecule has 0 aliphatic rings. The molecule has 0 bridgehead atoms. The molecule has 5 heteroatoms. The third-order valence-corrected chi connectivity index (χ3v) is 2.90. The van der Waals surface area contributed by atoms with Crippen LogP contribution in [0.3, 0.4) is 0 Å². The van der Waals surface area contributed by atoms with E-state index in [2.05, 4.69) is 15.3 Å². The number of anilines is 2. The van der Waals surface area contributed by atoms with Gasteiger partial charge >= 0.3 is 0 Å². The van der Waals surface area contributed by atoms with Gasteiger partial charge in [0.05, 0.1) is 11.2 Å². The highest BCUT2D eigenvalue weighted by Crippen LogP contribution is 2.25. The molecule has 3 nitrogen and oxygen atoms in total. The van der Waals surface area contributed by atoms with E-state index in [9.17, 15) is 8.78 Å². The van der Waals surface area contributed by atoms with Crippen molar-refractivity contribution in [3.05, 3.63) is 59.9 Å². The van der Waals surface area contributed by atoms with Gasteiger partial charge in [0.2, 0.25) is 0 Å². The largest absolute Gasteiger partial charge is 0.337 e. The zero-order chi connectivity index (χ0) is 14.1.